The van der Waals surface area contributed by atoms with Gasteiger partial charge in [-0.15, -0.1) is 0 Å². The molecule has 118 valence electrons. The molecule has 0 saturated carbocycles. The van der Waals surface area contributed by atoms with Crippen molar-refractivity contribution in [3.8, 4) is 0 Å². The van der Waals surface area contributed by atoms with Crippen LogP contribution in [0.15, 0.2) is 0 Å². The zero-order valence-corrected chi connectivity index (χ0v) is 12.7. The van der Waals surface area contributed by atoms with Gasteiger partial charge in [0.05, 0.1) is 17.9 Å². The number of amides is 1. The Morgan fingerprint density at radius 2 is 1.95 bits per heavy atom. The van der Waals surface area contributed by atoms with Crippen molar-refractivity contribution in [2.24, 2.45) is 0 Å². The number of H-pyrrole nitrogens is 1. The van der Waals surface area contributed by atoms with Crippen LogP contribution in [0, 0.1) is 13.8 Å². The quantitative estimate of drug-likeness (QED) is 0.566. The van der Waals surface area contributed by atoms with E-state index in [0.29, 0.717) is 22.5 Å². The highest BCUT2D eigenvalue weighted by Crippen LogP contribution is 2.26. The summed E-state index contributed by atoms with van der Waals surface area (Å²) in [6, 6.07) is 0. The molecule has 0 aliphatic rings. The molecule has 0 aliphatic heterocycles. The number of carbonyl (C=O) groups excluding carboxylic acids is 2. The summed E-state index contributed by atoms with van der Waals surface area (Å²) in [5, 5.41) is 22.5. The van der Waals surface area contributed by atoms with Gasteiger partial charge in [-0.2, -0.15) is 0 Å². The van der Waals surface area contributed by atoms with Crippen molar-refractivity contribution in [1.29, 1.82) is 0 Å². The largest absolute Gasteiger partial charge is 0.462 e. The minimum Gasteiger partial charge on any atom is -0.462 e. The minimum atomic E-state index is -1.24. The molecule has 1 heterocycles. The summed E-state index contributed by atoms with van der Waals surface area (Å²) >= 11 is 0. The number of nitrogens with one attached hydrogen (secondary N) is 2. The van der Waals surface area contributed by atoms with Gasteiger partial charge in [-0.3, -0.25) is 4.79 Å². The number of aryl methyl sites for hydroxylation is 1. The number of hydrogen-bond donors (Lipinski definition) is 4. The number of carbonyl (C=O) groups is 2. The molecule has 21 heavy (non-hydrogen) atoms. The van der Waals surface area contributed by atoms with E-state index in [2.05, 4.69) is 10.3 Å². The third-order valence-corrected chi connectivity index (χ3v) is 3.18. The molecule has 0 saturated heterocycles. The first-order valence-electron chi connectivity index (χ1n) is 6.76. The van der Waals surface area contributed by atoms with E-state index in [1.54, 1.807) is 20.8 Å². The summed E-state index contributed by atoms with van der Waals surface area (Å²) in [6.45, 7) is 6.56. The lowest BCUT2D eigenvalue weighted by molar-refractivity contribution is -0.119. The molecule has 1 amide bonds. The Morgan fingerprint density at radius 1 is 1.33 bits per heavy atom. The van der Waals surface area contributed by atoms with Gasteiger partial charge in [-0.05, 0) is 26.3 Å². The van der Waals surface area contributed by atoms with Crippen LogP contribution in [0.4, 0.5) is 0 Å². The van der Waals surface area contributed by atoms with Gasteiger partial charge in [0.1, 0.15) is 12.2 Å². The number of hydrogen-bond acceptors (Lipinski definition) is 5. The zero-order chi connectivity index (χ0) is 16.2. The van der Waals surface area contributed by atoms with E-state index in [1.807, 2.05) is 0 Å². The zero-order valence-electron chi connectivity index (χ0n) is 12.7. The summed E-state index contributed by atoms with van der Waals surface area (Å²) in [4.78, 5) is 25.6. The van der Waals surface area contributed by atoms with Crippen LogP contribution in [0.1, 0.15) is 47.3 Å². The predicted octanol–water partition coefficient (Wildman–Crippen LogP) is 0.339. The van der Waals surface area contributed by atoms with Crippen molar-refractivity contribution < 1.29 is 24.5 Å². The third-order valence-electron chi connectivity index (χ3n) is 3.18. The predicted molar refractivity (Wildman–Crippen MR) is 75.9 cm³/mol. The molecule has 7 heteroatoms. The van der Waals surface area contributed by atoms with Crippen LogP contribution >= 0.6 is 0 Å². The molecular weight excluding hydrogens is 276 g/mol. The van der Waals surface area contributed by atoms with E-state index in [1.165, 1.54) is 6.92 Å². The Bertz CT molecular complexity index is 524. The van der Waals surface area contributed by atoms with Gasteiger partial charge in [0.25, 0.3) is 0 Å². The van der Waals surface area contributed by atoms with Crippen LogP contribution in [-0.4, -0.2) is 46.3 Å². The lowest BCUT2D eigenvalue weighted by atomic mass is 10.0. The Labute approximate surface area is 123 Å². The van der Waals surface area contributed by atoms with Crippen LogP contribution in [0.25, 0.3) is 0 Å². The van der Waals surface area contributed by atoms with E-state index < -0.39 is 18.2 Å². The fourth-order valence-electron chi connectivity index (χ4n) is 2.13. The lowest BCUT2D eigenvalue weighted by Gasteiger charge is -2.18. The van der Waals surface area contributed by atoms with Crippen molar-refractivity contribution in [2.45, 2.75) is 39.9 Å². The summed E-state index contributed by atoms with van der Waals surface area (Å²) in [5.74, 6) is -0.772. The fraction of sp³-hybridized carbons (Fsp3) is 0.571. The molecule has 0 spiro atoms. The Kier molecular flexibility index (Phi) is 5.92. The molecule has 1 aromatic rings. The molecule has 1 aromatic heterocycles. The maximum Gasteiger partial charge on any atom is 0.340 e. The number of aliphatic hydroxyl groups excluding tert-OH is 2. The second kappa shape index (κ2) is 7.24. The van der Waals surface area contributed by atoms with Gasteiger partial charge in [0.15, 0.2) is 0 Å². The Hall–Kier alpha value is -1.86. The van der Waals surface area contributed by atoms with Gasteiger partial charge in [-0.25, -0.2) is 4.79 Å². The average molecular weight is 298 g/mol. The third kappa shape index (κ3) is 4.05. The topological polar surface area (TPSA) is 112 Å². The minimum absolute atomic E-state index is 0.0806. The number of aliphatic hydroxyl groups is 2. The summed E-state index contributed by atoms with van der Waals surface area (Å²) in [5.41, 5.74) is 1.79. The SMILES string of the molecule is CCOC(=O)c1c(C)[nH]c(C(O)C(O)CNC(C)=O)c1C. The van der Waals surface area contributed by atoms with Crippen LogP contribution < -0.4 is 5.32 Å². The van der Waals surface area contributed by atoms with E-state index in [0.717, 1.165) is 0 Å². The molecule has 1 rings (SSSR count). The summed E-state index contributed by atoms with van der Waals surface area (Å²) in [6.07, 6.45) is -2.42. The van der Waals surface area contributed by atoms with Gasteiger partial charge in [-0.1, -0.05) is 0 Å². The van der Waals surface area contributed by atoms with Crippen molar-refractivity contribution in [3.05, 3.63) is 22.5 Å². The number of esters is 1. The Morgan fingerprint density at radius 3 is 2.48 bits per heavy atom. The van der Waals surface area contributed by atoms with Crippen LogP contribution in [0.2, 0.25) is 0 Å². The van der Waals surface area contributed by atoms with Crippen molar-refractivity contribution >= 4 is 11.9 Å². The van der Waals surface area contributed by atoms with Gasteiger partial charge >= 0.3 is 5.97 Å². The molecule has 0 bridgehead atoms. The molecule has 0 radical (unpaired) electrons. The van der Waals surface area contributed by atoms with E-state index in [-0.39, 0.29) is 19.1 Å². The summed E-state index contributed by atoms with van der Waals surface area (Å²) in [7, 11) is 0. The highest BCUT2D eigenvalue weighted by molar-refractivity contribution is 5.92. The first kappa shape index (κ1) is 17.2. The standard InChI is InChI=1S/C14H22N2O5/c1-5-21-14(20)11-7(2)12(16-8(11)3)13(19)10(18)6-15-9(4)17/h10,13,16,18-19H,5-6H2,1-4H3,(H,15,17). The second-order valence-electron chi connectivity index (χ2n) is 4.83. The van der Waals surface area contributed by atoms with Gasteiger partial charge in [0, 0.05) is 19.2 Å². The van der Waals surface area contributed by atoms with Gasteiger partial charge < -0.3 is 25.3 Å². The van der Waals surface area contributed by atoms with Crippen LogP contribution in [0.3, 0.4) is 0 Å². The highest BCUT2D eigenvalue weighted by atomic mass is 16.5. The molecule has 0 aliphatic carbocycles. The first-order valence-corrected chi connectivity index (χ1v) is 6.76. The molecule has 7 nitrogen and oxygen atoms in total. The monoisotopic (exact) mass is 298 g/mol. The molecule has 0 fully saturated rings. The lowest BCUT2D eigenvalue weighted by Crippen LogP contribution is -2.34. The molecular formula is C14H22N2O5. The molecule has 2 unspecified atom stereocenters. The van der Waals surface area contributed by atoms with Crippen LogP contribution in [0.5, 0.6) is 0 Å². The molecule has 0 aromatic carbocycles. The maximum atomic E-state index is 11.9. The number of rotatable bonds is 6. The molecule has 2 atom stereocenters. The first-order chi connectivity index (χ1) is 9.79. The van der Waals surface area contributed by atoms with Gasteiger partial charge in [0.2, 0.25) is 5.91 Å². The summed E-state index contributed by atoms with van der Waals surface area (Å²) < 4.78 is 4.96. The second-order valence-corrected chi connectivity index (χ2v) is 4.83. The van der Waals surface area contributed by atoms with Crippen LogP contribution in [-0.2, 0) is 9.53 Å². The van der Waals surface area contributed by atoms with E-state index >= 15 is 0 Å². The van der Waals surface area contributed by atoms with Crippen molar-refractivity contribution in [2.75, 3.05) is 13.2 Å². The van der Waals surface area contributed by atoms with E-state index in [9.17, 15) is 19.8 Å². The normalized spacial score (nSPS) is 13.6. The number of ether oxygens (including phenoxy) is 1. The molecule has 4 N–H and O–H groups in total. The Balaban J connectivity index is 2.95. The van der Waals surface area contributed by atoms with Crippen molar-refractivity contribution in [3.63, 3.8) is 0 Å². The average Bonchev–Trinajstić information content (AvgIpc) is 2.70. The van der Waals surface area contributed by atoms with E-state index in [4.69, 9.17) is 4.74 Å². The number of aromatic amines is 1. The highest BCUT2D eigenvalue weighted by Gasteiger charge is 2.27. The maximum absolute atomic E-state index is 11.9. The smallest absolute Gasteiger partial charge is 0.340 e. The fourth-order valence-corrected chi connectivity index (χ4v) is 2.13. The number of aromatic nitrogens is 1. The van der Waals surface area contributed by atoms with Crippen molar-refractivity contribution in [1.82, 2.24) is 10.3 Å².